The molecular weight excluding hydrogens is 395 g/mol. The maximum atomic E-state index is 12.5. The third-order valence-electron chi connectivity index (χ3n) is 3.84. The SMILES string of the molecule is CN(Cc1ccc(Cl)cc1)C(=O)CN(Cc1ccccc1Cl)S(C)(=O)=O. The number of sulfonamides is 1. The lowest BCUT2D eigenvalue weighted by molar-refractivity contribution is -0.130. The molecule has 26 heavy (non-hydrogen) atoms. The van der Waals surface area contributed by atoms with Gasteiger partial charge < -0.3 is 4.90 Å². The monoisotopic (exact) mass is 414 g/mol. The van der Waals surface area contributed by atoms with Gasteiger partial charge in [-0.2, -0.15) is 4.31 Å². The average Bonchev–Trinajstić information content (AvgIpc) is 2.57. The second kappa shape index (κ2) is 8.86. The fraction of sp³-hybridized carbons (Fsp3) is 0.278. The molecule has 2 aromatic rings. The van der Waals surface area contributed by atoms with Crippen molar-refractivity contribution in [2.75, 3.05) is 19.8 Å². The zero-order valence-electron chi connectivity index (χ0n) is 14.5. The number of hydrogen-bond donors (Lipinski definition) is 0. The van der Waals surface area contributed by atoms with Gasteiger partial charge in [0.15, 0.2) is 0 Å². The lowest BCUT2D eigenvalue weighted by atomic mass is 10.2. The van der Waals surface area contributed by atoms with Crippen molar-refractivity contribution < 1.29 is 13.2 Å². The summed E-state index contributed by atoms with van der Waals surface area (Å²) in [4.78, 5) is 14.0. The molecule has 0 aliphatic heterocycles. The Kier molecular flexibility index (Phi) is 7.06. The van der Waals surface area contributed by atoms with Crippen molar-refractivity contribution in [1.82, 2.24) is 9.21 Å². The van der Waals surface area contributed by atoms with Crippen LogP contribution in [0.2, 0.25) is 10.0 Å². The summed E-state index contributed by atoms with van der Waals surface area (Å²) in [6, 6.07) is 14.1. The molecule has 0 radical (unpaired) electrons. The number of hydrogen-bond acceptors (Lipinski definition) is 3. The van der Waals surface area contributed by atoms with Gasteiger partial charge in [0.25, 0.3) is 0 Å². The van der Waals surface area contributed by atoms with Crippen LogP contribution in [0.4, 0.5) is 0 Å². The van der Waals surface area contributed by atoms with Gasteiger partial charge in [-0.3, -0.25) is 4.79 Å². The predicted molar refractivity (Wildman–Crippen MR) is 105 cm³/mol. The van der Waals surface area contributed by atoms with Crippen LogP contribution in [-0.2, 0) is 27.9 Å². The van der Waals surface area contributed by atoms with E-state index in [2.05, 4.69) is 0 Å². The quantitative estimate of drug-likeness (QED) is 0.697. The summed E-state index contributed by atoms with van der Waals surface area (Å²) in [6.07, 6.45) is 1.08. The van der Waals surface area contributed by atoms with E-state index in [9.17, 15) is 13.2 Å². The molecule has 0 unspecified atom stereocenters. The van der Waals surface area contributed by atoms with Crippen molar-refractivity contribution in [2.45, 2.75) is 13.1 Å². The van der Waals surface area contributed by atoms with E-state index < -0.39 is 10.0 Å². The van der Waals surface area contributed by atoms with Crippen molar-refractivity contribution in [3.63, 3.8) is 0 Å². The van der Waals surface area contributed by atoms with Gasteiger partial charge in [0, 0.05) is 30.2 Å². The molecule has 0 saturated heterocycles. The first kappa shape index (κ1) is 20.7. The molecule has 0 aliphatic rings. The summed E-state index contributed by atoms with van der Waals surface area (Å²) < 4.78 is 25.3. The Labute approximate surface area is 164 Å². The van der Waals surface area contributed by atoms with Crippen LogP contribution in [0.1, 0.15) is 11.1 Å². The second-order valence-electron chi connectivity index (χ2n) is 6.00. The number of rotatable bonds is 7. The Balaban J connectivity index is 2.08. The summed E-state index contributed by atoms with van der Waals surface area (Å²) in [5.74, 6) is -0.308. The predicted octanol–water partition coefficient (Wildman–Crippen LogP) is 3.41. The molecular formula is C18H20Cl2N2O3S. The molecule has 0 aromatic heterocycles. The maximum Gasteiger partial charge on any atom is 0.237 e. The molecule has 140 valence electrons. The van der Waals surface area contributed by atoms with Gasteiger partial charge in [-0.15, -0.1) is 0 Å². The first-order valence-electron chi connectivity index (χ1n) is 7.84. The van der Waals surface area contributed by atoms with E-state index in [0.717, 1.165) is 16.1 Å². The highest BCUT2D eigenvalue weighted by Crippen LogP contribution is 2.18. The van der Waals surface area contributed by atoms with Gasteiger partial charge in [0.05, 0.1) is 12.8 Å². The van der Waals surface area contributed by atoms with Crippen molar-refractivity contribution in [3.05, 3.63) is 69.7 Å². The topological polar surface area (TPSA) is 57.7 Å². The van der Waals surface area contributed by atoms with E-state index in [-0.39, 0.29) is 19.0 Å². The van der Waals surface area contributed by atoms with Gasteiger partial charge in [-0.05, 0) is 29.3 Å². The van der Waals surface area contributed by atoms with Gasteiger partial charge >= 0.3 is 0 Å². The number of nitrogens with zero attached hydrogens (tertiary/aromatic N) is 2. The third kappa shape index (κ3) is 5.99. The van der Waals surface area contributed by atoms with E-state index >= 15 is 0 Å². The average molecular weight is 415 g/mol. The Morgan fingerprint density at radius 2 is 1.62 bits per heavy atom. The summed E-state index contributed by atoms with van der Waals surface area (Å²) >= 11 is 12.0. The highest BCUT2D eigenvalue weighted by molar-refractivity contribution is 7.88. The standard InChI is InChI=1S/C18H20Cl2N2O3S/c1-21(11-14-7-9-16(19)10-8-14)18(23)13-22(26(2,24)25)12-15-5-3-4-6-17(15)20/h3-10H,11-13H2,1-2H3. The van der Waals surface area contributed by atoms with Crippen LogP contribution >= 0.6 is 23.2 Å². The highest BCUT2D eigenvalue weighted by Gasteiger charge is 2.23. The molecule has 8 heteroatoms. The molecule has 2 rings (SSSR count). The van der Waals surface area contributed by atoms with E-state index in [1.54, 1.807) is 43.4 Å². The molecule has 0 fully saturated rings. The number of carbonyl (C=O) groups is 1. The van der Waals surface area contributed by atoms with Crippen LogP contribution in [0.3, 0.4) is 0 Å². The van der Waals surface area contributed by atoms with Crippen molar-refractivity contribution in [2.24, 2.45) is 0 Å². The zero-order valence-corrected chi connectivity index (χ0v) is 16.9. The molecule has 0 heterocycles. The lowest BCUT2D eigenvalue weighted by Crippen LogP contribution is -2.40. The van der Waals surface area contributed by atoms with Crippen LogP contribution in [-0.4, -0.2) is 43.4 Å². The molecule has 0 aliphatic carbocycles. The van der Waals surface area contributed by atoms with Gasteiger partial charge in [-0.1, -0.05) is 53.5 Å². The number of benzene rings is 2. The summed E-state index contributed by atoms with van der Waals surface area (Å²) in [5.41, 5.74) is 1.55. The van der Waals surface area contributed by atoms with Gasteiger partial charge in [0.2, 0.25) is 15.9 Å². The highest BCUT2D eigenvalue weighted by atomic mass is 35.5. The summed E-state index contributed by atoms with van der Waals surface area (Å²) in [7, 11) is -1.95. The largest absolute Gasteiger partial charge is 0.340 e. The molecule has 0 atom stereocenters. The number of carbonyl (C=O) groups excluding carboxylic acids is 1. The van der Waals surface area contributed by atoms with E-state index in [1.807, 2.05) is 12.1 Å². The molecule has 1 amide bonds. The second-order valence-corrected chi connectivity index (χ2v) is 8.82. The Bertz CT molecular complexity index is 870. The van der Waals surface area contributed by atoms with E-state index in [4.69, 9.17) is 23.2 Å². The van der Waals surface area contributed by atoms with Crippen LogP contribution < -0.4 is 0 Å². The van der Waals surface area contributed by atoms with Crippen molar-refractivity contribution in [3.8, 4) is 0 Å². The smallest absolute Gasteiger partial charge is 0.237 e. The number of likely N-dealkylation sites (N-methyl/N-ethyl adjacent to an activating group) is 1. The van der Waals surface area contributed by atoms with E-state index in [1.165, 1.54) is 4.90 Å². The normalized spacial score (nSPS) is 11.6. The maximum absolute atomic E-state index is 12.5. The molecule has 2 aromatic carbocycles. The van der Waals surface area contributed by atoms with Crippen LogP contribution in [0.25, 0.3) is 0 Å². The fourth-order valence-corrected chi connectivity index (χ4v) is 3.37. The number of halogens is 2. The first-order chi connectivity index (χ1) is 12.2. The lowest BCUT2D eigenvalue weighted by Gasteiger charge is -2.24. The van der Waals surface area contributed by atoms with Gasteiger partial charge in [-0.25, -0.2) is 8.42 Å². The zero-order chi connectivity index (χ0) is 19.3. The molecule has 0 saturated carbocycles. The Hall–Kier alpha value is -1.60. The van der Waals surface area contributed by atoms with Gasteiger partial charge in [0.1, 0.15) is 0 Å². The van der Waals surface area contributed by atoms with Crippen molar-refractivity contribution in [1.29, 1.82) is 0 Å². The minimum absolute atomic E-state index is 0.0407. The Morgan fingerprint density at radius 3 is 2.19 bits per heavy atom. The third-order valence-corrected chi connectivity index (χ3v) is 5.66. The molecule has 0 spiro atoms. The Morgan fingerprint density at radius 1 is 1.00 bits per heavy atom. The summed E-state index contributed by atoms with van der Waals surface area (Å²) in [5, 5.41) is 1.08. The molecule has 5 nitrogen and oxygen atoms in total. The van der Waals surface area contributed by atoms with Crippen LogP contribution in [0, 0.1) is 0 Å². The van der Waals surface area contributed by atoms with Crippen molar-refractivity contribution >= 4 is 39.1 Å². The minimum Gasteiger partial charge on any atom is -0.340 e. The molecule has 0 N–H and O–H groups in total. The van der Waals surface area contributed by atoms with Crippen LogP contribution in [0.15, 0.2) is 48.5 Å². The minimum atomic E-state index is -3.58. The van der Waals surface area contributed by atoms with E-state index in [0.29, 0.717) is 22.2 Å². The summed E-state index contributed by atoms with van der Waals surface area (Å²) in [6.45, 7) is 0.146. The fourth-order valence-electron chi connectivity index (χ4n) is 2.33. The van der Waals surface area contributed by atoms with Crippen LogP contribution in [0.5, 0.6) is 0 Å². The number of amides is 1. The molecule has 0 bridgehead atoms. The first-order valence-corrected chi connectivity index (χ1v) is 10.4.